The van der Waals surface area contributed by atoms with Gasteiger partial charge in [-0.2, -0.15) is 0 Å². The van der Waals surface area contributed by atoms with E-state index in [1.165, 1.54) is 9.79 Å². The van der Waals surface area contributed by atoms with E-state index in [1.54, 1.807) is 35.3 Å². The van der Waals surface area contributed by atoms with Crippen molar-refractivity contribution in [3.63, 3.8) is 0 Å². The number of benzene rings is 2. The first-order chi connectivity index (χ1) is 11.8. The van der Waals surface area contributed by atoms with Gasteiger partial charge < -0.3 is 0 Å². The molecule has 0 amide bonds. The molecule has 0 atom stereocenters. The van der Waals surface area contributed by atoms with Gasteiger partial charge in [0.15, 0.2) is 0 Å². The summed E-state index contributed by atoms with van der Waals surface area (Å²) in [5.74, 6) is 0. The lowest BCUT2D eigenvalue weighted by molar-refractivity contribution is 1.20. The first-order valence-corrected chi connectivity index (χ1v) is 16.0. The average Bonchev–Trinajstić information content (AvgIpc) is 2.57. The lowest BCUT2D eigenvalue weighted by atomic mass is 10.3. The summed E-state index contributed by atoms with van der Waals surface area (Å²) >= 11 is 34.4. The SMILES string of the molecule is BrCSc1cc(Br)c(Sc2c(Br)cc(SCBr)c(Br)c2Br)c(Br)c1Br. The number of halogens is 8. The Bertz CT molecular complexity index is 731. The topological polar surface area (TPSA) is 0 Å². The normalized spacial score (nSPS) is 11.2. The Morgan fingerprint density at radius 2 is 0.960 bits per heavy atom. The Labute approximate surface area is 227 Å². The van der Waals surface area contributed by atoms with Crippen LogP contribution in [-0.2, 0) is 0 Å². The van der Waals surface area contributed by atoms with Gasteiger partial charge in [-0.1, -0.05) is 43.6 Å². The van der Waals surface area contributed by atoms with Crippen LogP contribution in [-0.4, -0.2) is 9.32 Å². The van der Waals surface area contributed by atoms with Crippen molar-refractivity contribution in [1.82, 2.24) is 0 Å². The van der Waals surface area contributed by atoms with Crippen LogP contribution in [0.25, 0.3) is 0 Å². The van der Waals surface area contributed by atoms with E-state index in [0.717, 1.165) is 46.0 Å². The van der Waals surface area contributed by atoms with Crippen LogP contribution in [0.5, 0.6) is 0 Å². The Morgan fingerprint density at radius 3 is 1.28 bits per heavy atom. The molecular formula is C14H6Br8S3. The van der Waals surface area contributed by atoms with Crippen molar-refractivity contribution in [2.24, 2.45) is 0 Å². The summed E-state index contributed by atoms with van der Waals surface area (Å²) < 4.78 is 7.95. The standard InChI is InChI=1S/C14H6Br8S3/c15-3-23-7-1-5(17)13(11(21)9(7)19)25-14-6(18)2-8(24-4-16)10(20)12(14)22/h1-2H,3-4H2. The lowest BCUT2D eigenvalue weighted by Crippen LogP contribution is -1.88. The third-order valence-corrected chi connectivity index (χ3v) is 14.0. The summed E-state index contributed by atoms with van der Waals surface area (Å²) in [6.45, 7) is 0. The summed E-state index contributed by atoms with van der Waals surface area (Å²) in [6, 6.07) is 4.27. The van der Waals surface area contributed by atoms with Gasteiger partial charge in [0.1, 0.15) is 0 Å². The first-order valence-electron chi connectivity index (χ1n) is 6.22. The Morgan fingerprint density at radius 1 is 0.600 bits per heavy atom. The fraction of sp³-hybridized carbons (Fsp3) is 0.143. The van der Waals surface area contributed by atoms with E-state index in [0.29, 0.717) is 0 Å². The molecule has 25 heavy (non-hydrogen) atoms. The van der Waals surface area contributed by atoms with E-state index in [9.17, 15) is 0 Å². The molecule has 0 radical (unpaired) electrons. The van der Waals surface area contributed by atoms with Crippen molar-refractivity contribution in [3.8, 4) is 0 Å². The van der Waals surface area contributed by atoms with Crippen molar-refractivity contribution < 1.29 is 0 Å². The monoisotopic (exact) mass is 901 g/mol. The molecule has 0 aliphatic carbocycles. The molecule has 0 nitrogen and oxygen atoms in total. The highest BCUT2D eigenvalue weighted by Crippen LogP contribution is 2.51. The second-order valence-corrected chi connectivity index (χ2v) is 14.8. The first kappa shape index (κ1) is 24.6. The predicted molar refractivity (Wildman–Crippen MR) is 143 cm³/mol. The molecule has 0 fully saturated rings. The molecule has 0 saturated carbocycles. The van der Waals surface area contributed by atoms with Crippen LogP contribution in [0.15, 0.2) is 58.6 Å². The molecule has 2 rings (SSSR count). The number of alkyl halides is 2. The minimum Gasteiger partial charge on any atom is -0.113 e. The van der Waals surface area contributed by atoms with Crippen LogP contribution in [0, 0.1) is 0 Å². The number of thioether (sulfide) groups is 2. The minimum atomic E-state index is 0.841. The van der Waals surface area contributed by atoms with Crippen LogP contribution in [0.3, 0.4) is 0 Å². The minimum absolute atomic E-state index is 0.841. The number of hydrogen-bond donors (Lipinski definition) is 0. The van der Waals surface area contributed by atoms with Gasteiger partial charge in [-0.3, -0.25) is 0 Å². The summed E-state index contributed by atoms with van der Waals surface area (Å²) in [4.78, 5) is 4.56. The summed E-state index contributed by atoms with van der Waals surface area (Å²) in [5.41, 5.74) is 0. The Kier molecular flexibility index (Phi) is 11.5. The Hall–Kier alpha value is 3.33. The van der Waals surface area contributed by atoms with Crippen molar-refractivity contribution in [1.29, 1.82) is 0 Å². The molecule has 0 unspecified atom stereocenters. The lowest BCUT2D eigenvalue weighted by Gasteiger charge is -2.16. The van der Waals surface area contributed by atoms with Crippen molar-refractivity contribution in [3.05, 3.63) is 39.0 Å². The fourth-order valence-electron chi connectivity index (χ4n) is 1.73. The van der Waals surface area contributed by atoms with Crippen molar-refractivity contribution in [2.75, 3.05) is 9.32 Å². The Balaban J connectivity index is 2.50. The largest absolute Gasteiger partial charge is 0.113 e. The van der Waals surface area contributed by atoms with Gasteiger partial charge >= 0.3 is 0 Å². The zero-order chi connectivity index (χ0) is 18.7. The van der Waals surface area contributed by atoms with Crippen LogP contribution in [0.1, 0.15) is 0 Å². The molecule has 0 spiro atoms. The second-order valence-electron chi connectivity index (χ2n) is 4.24. The quantitative estimate of drug-likeness (QED) is 0.161. The highest BCUT2D eigenvalue weighted by molar-refractivity contribution is 9.14. The molecule has 0 bridgehead atoms. The number of rotatable bonds is 6. The molecule has 11 heteroatoms. The molecule has 0 saturated heterocycles. The van der Waals surface area contributed by atoms with Gasteiger partial charge in [0.2, 0.25) is 0 Å². The second kappa shape index (κ2) is 11.6. The summed E-state index contributed by atoms with van der Waals surface area (Å²) in [6.07, 6.45) is 0. The smallest absolute Gasteiger partial charge is 0.0538 e. The third kappa shape index (κ3) is 6.17. The fourth-order valence-corrected chi connectivity index (χ4v) is 10.6. The highest BCUT2D eigenvalue weighted by atomic mass is 79.9. The van der Waals surface area contributed by atoms with Crippen LogP contribution in [0.2, 0.25) is 0 Å². The maximum absolute atomic E-state index is 3.74. The van der Waals surface area contributed by atoms with Crippen molar-refractivity contribution in [2.45, 2.75) is 19.6 Å². The van der Waals surface area contributed by atoms with Gasteiger partial charge in [-0.15, -0.1) is 23.5 Å². The molecule has 0 aliphatic rings. The van der Waals surface area contributed by atoms with E-state index in [2.05, 4.69) is 140 Å². The van der Waals surface area contributed by atoms with Gasteiger partial charge in [0, 0.05) is 46.4 Å². The van der Waals surface area contributed by atoms with Gasteiger partial charge in [-0.05, 0) is 108 Å². The van der Waals surface area contributed by atoms with Gasteiger partial charge in [-0.25, -0.2) is 0 Å². The van der Waals surface area contributed by atoms with Crippen LogP contribution >= 0.6 is 163 Å². The zero-order valence-corrected chi connectivity index (χ0v) is 27.0. The highest BCUT2D eigenvalue weighted by Gasteiger charge is 2.20. The van der Waals surface area contributed by atoms with Crippen LogP contribution < -0.4 is 0 Å². The maximum Gasteiger partial charge on any atom is 0.0538 e. The van der Waals surface area contributed by atoms with Crippen LogP contribution in [0.4, 0.5) is 0 Å². The van der Waals surface area contributed by atoms with E-state index in [1.807, 2.05) is 0 Å². The molecule has 0 N–H and O–H groups in total. The molecule has 2 aromatic carbocycles. The summed E-state index contributed by atoms with van der Waals surface area (Å²) in [5, 5.41) is 0. The molecule has 0 aliphatic heterocycles. The van der Waals surface area contributed by atoms with Gasteiger partial charge in [0.05, 0.1) is 9.32 Å². The van der Waals surface area contributed by atoms with E-state index in [-0.39, 0.29) is 0 Å². The number of hydrogen-bond acceptors (Lipinski definition) is 3. The maximum atomic E-state index is 3.74. The van der Waals surface area contributed by atoms with Gasteiger partial charge in [0.25, 0.3) is 0 Å². The van der Waals surface area contributed by atoms with E-state index >= 15 is 0 Å². The molecule has 0 heterocycles. The predicted octanol–water partition coefficient (Wildman–Crippen LogP) is 11.3. The molecule has 0 aromatic heterocycles. The molecule has 2 aromatic rings. The zero-order valence-electron chi connectivity index (χ0n) is 11.8. The molecular weight excluding hydrogens is 904 g/mol. The summed E-state index contributed by atoms with van der Waals surface area (Å²) in [7, 11) is 0. The molecule has 136 valence electrons. The van der Waals surface area contributed by atoms with E-state index < -0.39 is 0 Å². The average molecular weight is 910 g/mol. The third-order valence-electron chi connectivity index (χ3n) is 2.79. The van der Waals surface area contributed by atoms with E-state index in [4.69, 9.17) is 0 Å². The van der Waals surface area contributed by atoms with Crippen molar-refractivity contribution >= 4 is 163 Å².